The molecule has 2 aromatic rings. The Hall–Kier alpha value is -2.08. The molecule has 6 nitrogen and oxygen atoms in total. The highest BCUT2D eigenvalue weighted by Gasteiger charge is 2.38. The van der Waals surface area contributed by atoms with Crippen LogP contribution in [0, 0.1) is 5.92 Å². The van der Waals surface area contributed by atoms with Crippen molar-refractivity contribution < 1.29 is 14.3 Å². The van der Waals surface area contributed by atoms with E-state index < -0.39 is 0 Å². The summed E-state index contributed by atoms with van der Waals surface area (Å²) in [4.78, 5) is 14.6. The lowest BCUT2D eigenvalue weighted by Gasteiger charge is -2.16. The average Bonchev–Trinajstić information content (AvgIpc) is 3.24. The number of hydrogen-bond donors (Lipinski definition) is 1. The summed E-state index contributed by atoms with van der Waals surface area (Å²) in [7, 11) is 1.87. The summed E-state index contributed by atoms with van der Waals surface area (Å²) >= 11 is 0. The molecule has 2 atom stereocenters. The molecule has 0 aliphatic carbocycles. The van der Waals surface area contributed by atoms with E-state index in [4.69, 9.17) is 4.42 Å². The summed E-state index contributed by atoms with van der Waals surface area (Å²) in [6.07, 6.45) is 5.34. The molecular formula is C17H23N3O3. The monoisotopic (exact) mass is 317 g/mol. The predicted molar refractivity (Wildman–Crippen MR) is 85.2 cm³/mol. The molecule has 1 aliphatic rings. The van der Waals surface area contributed by atoms with E-state index in [2.05, 4.69) is 5.10 Å². The quantitative estimate of drug-likeness (QED) is 0.936. The van der Waals surface area contributed by atoms with Gasteiger partial charge in [-0.25, -0.2) is 0 Å². The lowest BCUT2D eigenvalue weighted by atomic mass is 9.92. The number of carbonyl (C=O) groups is 1. The van der Waals surface area contributed by atoms with Gasteiger partial charge in [0.25, 0.3) is 5.91 Å². The second-order valence-electron chi connectivity index (χ2n) is 6.57. The van der Waals surface area contributed by atoms with Crippen LogP contribution in [0.2, 0.25) is 0 Å². The molecule has 23 heavy (non-hydrogen) atoms. The van der Waals surface area contributed by atoms with Crippen LogP contribution in [0.15, 0.2) is 29.1 Å². The van der Waals surface area contributed by atoms with Crippen LogP contribution in [-0.4, -0.2) is 45.4 Å². The Balaban J connectivity index is 1.81. The second-order valence-corrected chi connectivity index (χ2v) is 6.57. The van der Waals surface area contributed by atoms with Gasteiger partial charge in [-0.15, -0.1) is 0 Å². The van der Waals surface area contributed by atoms with Crippen molar-refractivity contribution in [2.75, 3.05) is 19.7 Å². The SMILES string of the molecule is CC(C)c1ccoc1C(=O)N1C[C@@H](CO)[C@H](c2cnn(C)c2)C1. The summed E-state index contributed by atoms with van der Waals surface area (Å²) in [6.45, 7) is 5.25. The van der Waals surface area contributed by atoms with Crippen molar-refractivity contribution in [2.45, 2.75) is 25.7 Å². The van der Waals surface area contributed by atoms with Crippen molar-refractivity contribution in [3.8, 4) is 0 Å². The van der Waals surface area contributed by atoms with Gasteiger partial charge >= 0.3 is 0 Å². The highest BCUT2D eigenvalue weighted by Crippen LogP contribution is 2.34. The second kappa shape index (κ2) is 6.20. The fourth-order valence-corrected chi connectivity index (χ4v) is 3.32. The topological polar surface area (TPSA) is 71.5 Å². The van der Waals surface area contributed by atoms with E-state index in [9.17, 15) is 9.90 Å². The summed E-state index contributed by atoms with van der Waals surface area (Å²) in [6, 6.07) is 1.86. The number of carbonyl (C=O) groups excluding carboxylic acids is 1. The van der Waals surface area contributed by atoms with Gasteiger partial charge in [0, 0.05) is 50.3 Å². The highest BCUT2D eigenvalue weighted by molar-refractivity contribution is 5.93. The zero-order valence-electron chi connectivity index (χ0n) is 13.8. The first kappa shape index (κ1) is 15.8. The lowest BCUT2D eigenvalue weighted by molar-refractivity contribution is 0.0747. The van der Waals surface area contributed by atoms with Crippen molar-refractivity contribution in [3.63, 3.8) is 0 Å². The molecule has 0 radical (unpaired) electrons. The van der Waals surface area contributed by atoms with Crippen LogP contribution in [0.1, 0.15) is 47.4 Å². The van der Waals surface area contributed by atoms with E-state index >= 15 is 0 Å². The van der Waals surface area contributed by atoms with Crippen molar-refractivity contribution in [2.24, 2.45) is 13.0 Å². The maximum atomic E-state index is 12.8. The average molecular weight is 317 g/mol. The number of aryl methyl sites for hydroxylation is 1. The Morgan fingerprint density at radius 1 is 1.48 bits per heavy atom. The fourth-order valence-electron chi connectivity index (χ4n) is 3.32. The molecule has 0 spiro atoms. The number of nitrogens with zero attached hydrogens (tertiary/aromatic N) is 3. The van der Waals surface area contributed by atoms with Gasteiger partial charge in [-0.2, -0.15) is 5.10 Å². The number of aromatic nitrogens is 2. The van der Waals surface area contributed by atoms with Crippen molar-refractivity contribution in [1.29, 1.82) is 0 Å². The van der Waals surface area contributed by atoms with E-state index in [1.54, 1.807) is 15.8 Å². The Morgan fingerprint density at radius 3 is 2.87 bits per heavy atom. The Bertz CT molecular complexity index is 689. The van der Waals surface area contributed by atoms with Gasteiger partial charge in [-0.05, 0) is 17.5 Å². The number of likely N-dealkylation sites (tertiary alicyclic amines) is 1. The predicted octanol–water partition coefficient (Wildman–Crippen LogP) is 1.98. The number of hydrogen-bond acceptors (Lipinski definition) is 4. The third-order valence-corrected chi connectivity index (χ3v) is 4.63. The molecule has 1 aliphatic heterocycles. The van der Waals surface area contributed by atoms with Crippen LogP contribution in [0.25, 0.3) is 0 Å². The van der Waals surface area contributed by atoms with Gasteiger partial charge in [-0.1, -0.05) is 13.8 Å². The molecular weight excluding hydrogens is 294 g/mol. The van der Waals surface area contributed by atoms with Crippen LogP contribution in [0.5, 0.6) is 0 Å². The lowest BCUT2D eigenvalue weighted by Crippen LogP contribution is -2.29. The largest absolute Gasteiger partial charge is 0.459 e. The third-order valence-electron chi connectivity index (χ3n) is 4.63. The minimum absolute atomic E-state index is 0.0283. The zero-order valence-corrected chi connectivity index (χ0v) is 13.8. The van der Waals surface area contributed by atoms with E-state index in [1.807, 2.05) is 39.4 Å². The number of aliphatic hydroxyl groups is 1. The molecule has 2 aromatic heterocycles. The fraction of sp³-hybridized carbons (Fsp3) is 0.529. The maximum absolute atomic E-state index is 12.8. The molecule has 0 bridgehead atoms. The Morgan fingerprint density at radius 2 is 2.26 bits per heavy atom. The Kier molecular flexibility index (Phi) is 4.26. The molecule has 1 fully saturated rings. The van der Waals surface area contributed by atoms with Crippen molar-refractivity contribution in [3.05, 3.63) is 41.6 Å². The molecule has 1 amide bonds. The standard InChI is InChI=1S/C17H23N3O3/c1-11(2)14-4-5-23-16(14)17(22)20-8-13(10-21)15(9-20)12-6-18-19(3)7-12/h4-7,11,13,15,21H,8-10H2,1-3H3/t13-,15-/m0/s1. The summed E-state index contributed by atoms with van der Waals surface area (Å²) in [5.41, 5.74) is 1.99. The van der Waals surface area contributed by atoms with Crippen LogP contribution in [-0.2, 0) is 7.05 Å². The minimum Gasteiger partial charge on any atom is -0.459 e. The number of aliphatic hydroxyl groups excluding tert-OH is 1. The highest BCUT2D eigenvalue weighted by atomic mass is 16.3. The smallest absolute Gasteiger partial charge is 0.289 e. The molecule has 3 rings (SSSR count). The van der Waals surface area contributed by atoms with Crippen LogP contribution >= 0.6 is 0 Å². The van der Waals surface area contributed by atoms with Crippen LogP contribution in [0.4, 0.5) is 0 Å². The minimum atomic E-state index is -0.0939. The third kappa shape index (κ3) is 2.91. The van der Waals surface area contributed by atoms with Gasteiger partial charge in [0.05, 0.1) is 12.5 Å². The van der Waals surface area contributed by atoms with E-state index in [0.717, 1.165) is 11.1 Å². The molecule has 0 unspecified atom stereocenters. The van der Waals surface area contributed by atoms with Crippen LogP contribution < -0.4 is 0 Å². The molecule has 3 heterocycles. The first-order valence-electron chi connectivity index (χ1n) is 7.97. The first-order valence-corrected chi connectivity index (χ1v) is 7.97. The van der Waals surface area contributed by atoms with Gasteiger partial charge in [0.2, 0.25) is 0 Å². The Labute approximate surface area is 135 Å². The van der Waals surface area contributed by atoms with Gasteiger partial charge < -0.3 is 14.4 Å². The van der Waals surface area contributed by atoms with Crippen LogP contribution in [0.3, 0.4) is 0 Å². The number of rotatable bonds is 4. The summed E-state index contributed by atoms with van der Waals surface area (Å²) in [5, 5.41) is 13.9. The molecule has 0 saturated carbocycles. The van der Waals surface area contributed by atoms with Crippen molar-refractivity contribution in [1.82, 2.24) is 14.7 Å². The molecule has 6 heteroatoms. The normalized spacial score (nSPS) is 21.3. The van der Waals surface area contributed by atoms with E-state index in [0.29, 0.717) is 18.8 Å². The number of furan rings is 1. The van der Waals surface area contributed by atoms with E-state index in [1.165, 1.54) is 0 Å². The molecule has 1 N–H and O–H groups in total. The van der Waals surface area contributed by atoms with Gasteiger partial charge in [0.15, 0.2) is 5.76 Å². The van der Waals surface area contributed by atoms with Crippen molar-refractivity contribution >= 4 is 5.91 Å². The molecule has 1 saturated heterocycles. The van der Waals surface area contributed by atoms with E-state index in [-0.39, 0.29) is 30.3 Å². The first-order chi connectivity index (χ1) is 11.0. The molecule has 124 valence electrons. The summed E-state index contributed by atoms with van der Waals surface area (Å²) < 4.78 is 7.19. The maximum Gasteiger partial charge on any atom is 0.289 e. The van der Waals surface area contributed by atoms with Gasteiger partial charge in [-0.3, -0.25) is 9.48 Å². The molecule has 0 aromatic carbocycles. The van der Waals surface area contributed by atoms with Gasteiger partial charge in [0.1, 0.15) is 0 Å². The zero-order chi connectivity index (χ0) is 16.6. The number of amides is 1. The summed E-state index contributed by atoms with van der Waals surface area (Å²) in [5.74, 6) is 0.695.